The van der Waals surface area contributed by atoms with Crippen molar-refractivity contribution in [2.45, 2.75) is 19.4 Å². The number of carbonyl (C=O) groups is 1. The van der Waals surface area contributed by atoms with Gasteiger partial charge in [-0.05, 0) is 13.3 Å². The lowest BCUT2D eigenvalue weighted by Gasteiger charge is -2.34. The van der Waals surface area contributed by atoms with Gasteiger partial charge in [0.15, 0.2) is 11.5 Å². The van der Waals surface area contributed by atoms with Crippen molar-refractivity contribution in [2.75, 3.05) is 37.6 Å². The van der Waals surface area contributed by atoms with Crippen LogP contribution in [0.1, 0.15) is 13.3 Å². The molecule has 0 aromatic heterocycles. The predicted octanol–water partition coefficient (Wildman–Crippen LogP) is 1.23. The number of carbonyl (C=O) groups excluding carboxylic acids is 1. The molecule has 1 unspecified atom stereocenters. The molecule has 2 rings (SSSR count). The van der Waals surface area contributed by atoms with Crippen LogP contribution in [-0.4, -0.2) is 44.4 Å². The lowest BCUT2D eigenvalue weighted by atomic mass is 10.1. The largest absolute Gasteiger partial charge is 0.493 e. The second-order valence-corrected chi connectivity index (χ2v) is 4.66. The van der Waals surface area contributed by atoms with Gasteiger partial charge in [0.25, 0.3) is 0 Å². The molecule has 0 bridgehead atoms. The minimum atomic E-state index is -0.306. The van der Waals surface area contributed by atoms with Crippen LogP contribution < -0.4 is 19.7 Å². The first-order chi connectivity index (χ1) is 9.62. The van der Waals surface area contributed by atoms with E-state index in [9.17, 15) is 4.79 Å². The molecule has 6 nitrogen and oxygen atoms in total. The maximum atomic E-state index is 12.3. The van der Waals surface area contributed by atoms with E-state index in [1.54, 1.807) is 25.2 Å². The van der Waals surface area contributed by atoms with Gasteiger partial charge in [-0.3, -0.25) is 4.79 Å². The Kier molecular flexibility index (Phi) is 4.34. The Morgan fingerprint density at radius 2 is 1.95 bits per heavy atom. The van der Waals surface area contributed by atoms with Gasteiger partial charge in [0.05, 0.1) is 25.6 Å². The average molecular weight is 280 g/mol. The average Bonchev–Trinajstić information content (AvgIpc) is 2.46. The number of aliphatic hydroxyl groups is 1. The minimum absolute atomic E-state index is 0.0156. The highest BCUT2D eigenvalue weighted by Gasteiger charge is 2.30. The van der Waals surface area contributed by atoms with Gasteiger partial charge in [0.2, 0.25) is 5.91 Å². The fourth-order valence-electron chi connectivity index (χ4n) is 2.31. The molecular formula is C14H20N2O4. The summed E-state index contributed by atoms with van der Waals surface area (Å²) in [5.74, 6) is 1.17. The van der Waals surface area contributed by atoms with Gasteiger partial charge in [-0.25, -0.2) is 0 Å². The lowest BCUT2D eigenvalue weighted by molar-refractivity contribution is -0.119. The van der Waals surface area contributed by atoms with Gasteiger partial charge in [-0.15, -0.1) is 0 Å². The van der Waals surface area contributed by atoms with Crippen LogP contribution in [0.2, 0.25) is 0 Å². The maximum absolute atomic E-state index is 12.3. The van der Waals surface area contributed by atoms with Crippen molar-refractivity contribution < 1.29 is 19.4 Å². The van der Waals surface area contributed by atoms with E-state index in [4.69, 9.17) is 14.6 Å². The highest BCUT2D eigenvalue weighted by Crippen LogP contribution is 2.40. The number of benzene rings is 1. The van der Waals surface area contributed by atoms with Gasteiger partial charge in [0, 0.05) is 25.3 Å². The Bertz CT molecular complexity index is 504. The summed E-state index contributed by atoms with van der Waals surface area (Å²) in [7, 11) is 3.13. The molecule has 0 aliphatic carbocycles. The topological polar surface area (TPSA) is 71.0 Å². The molecule has 0 spiro atoms. The first kappa shape index (κ1) is 14.5. The van der Waals surface area contributed by atoms with Crippen molar-refractivity contribution in [3.63, 3.8) is 0 Å². The minimum Gasteiger partial charge on any atom is -0.493 e. The fourth-order valence-corrected chi connectivity index (χ4v) is 2.31. The highest BCUT2D eigenvalue weighted by molar-refractivity contribution is 6.05. The van der Waals surface area contributed by atoms with E-state index in [-0.39, 0.29) is 18.6 Å². The van der Waals surface area contributed by atoms with Gasteiger partial charge in [-0.2, -0.15) is 0 Å². The first-order valence-corrected chi connectivity index (χ1v) is 6.57. The molecule has 2 N–H and O–H groups in total. The summed E-state index contributed by atoms with van der Waals surface area (Å²) in [5, 5.41) is 12.1. The first-order valence-electron chi connectivity index (χ1n) is 6.57. The summed E-state index contributed by atoms with van der Waals surface area (Å²) in [4.78, 5) is 13.9. The molecule has 1 aromatic carbocycles. The smallest absolute Gasteiger partial charge is 0.249 e. The summed E-state index contributed by atoms with van der Waals surface area (Å²) in [6, 6.07) is 3.30. The number of nitrogens with one attached hydrogen (secondary N) is 1. The molecule has 1 aliphatic heterocycles. The maximum Gasteiger partial charge on any atom is 0.249 e. The van der Waals surface area contributed by atoms with Crippen LogP contribution in [0.5, 0.6) is 11.5 Å². The van der Waals surface area contributed by atoms with Crippen LogP contribution >= 0.6 is 0 Å². The zero-order valence-electron chi connectivity index (χ0n) is 12.0. The van der Waals surface area contributed by atoms with Crippen LogP contribution in [-0.2, 0) is 4.79 Å². The van der Waals surface area contributed by atoms with E-state index in [0.717, 1.165) is 11.4 Å². The number of nitrogens with zero attached hydrogens (tertiary/aromatic N) is 1. The quantitative estimate of drug-likeness (QED) is 0.849. The van der Waals surface area contributed by atoms with Crippen molar-refractivity contribution in [2.24, 2.45) is 0 Å². The predicted molar refractivity (Wildman–Crippen MR) is 76.7 cm³/mol. The lowest BCUT2D eigenvalue weighted by Crippen LogP contribution is -2.46. The van der Waals surface area contributed by atoms with Crippen molar-refractivity contribution >= 4 is 17.3 Å². The molecule has 20 heavy (non-hydrogen) atoms. The molecule has 1 aromatic rings. The third-order valence-electron chi connectivity index (χ3n) is 3.34. The van der Waals surface area contributed by atoms with Crippen molar-refractivity contribution in [3.8, 4) is 11.5 Å². The summed E-state index contributed by atoms with van der Waals surface area (Å²) in [5.41, 5.74) is 1.58. The van der Waals surface area contributed by atoms with Crippen molar-refractivity contribution in [1.82, 2.24) is 0 Å². The number of rotatable bonds is 5. The molecule has 0 fully saturated rings. The standard InChI is InChI=1S/C14H20N2O4/c1-9-14(18)16(5-4-6-17)11-8-13(20-3)12(19-2)7-10(11)15-9/h7-9,15,17H,4-6H2,1-3H3. The number of hydrogen-bond acceptors (Lipinski definition) is 5. The van der Waals surface area contributed by atoms with Crippen LogP contribution in [0.15, 0.2) is 12.1 Å². The van der Waals surface area contributed by atoms with Crippen molar-refractivity contribution in [1.29, 1.82) is 0 Å². The number of fused-ring (bicyclic) bond motifs is 1. The summed E-state index contributed by atoms with van der Waals surface area (Å²) in [6.07, 6.45) is 0.534. The SMILES string of the molecule is COc1cc2c(cc1OC)N(CCCO)C(=O)C(C)N2. The van der Waals surface area contributed by atoms with E-state index in [2.05, 4.69) is 5.32 Å². The summed E-state index contributed by atoms with van der Waals surface area (Å²) >= 11 is 0. The zero-order valence-corrected chi connectivity index (χ0v) is 12.0. The molecule has 0 saturated heterocycles. The monoisotopic (exact) mass is 280 g/mol. The molecule has 1 amide bonds. The molecule has 6 heteroatoms. The van der Waals surface area contributed by atoms with E-state index >= 15 is 0 Å². The fraction of sp³-hybridized carbons (Fsp3) is 0.500. The third-order valence-corrected chi connectivity index (χ3v) is 3.34. The van der Waals surface area contributed by atoms with Crippen molar-refractivity contribution in [3.05, 3.63) is 12.1 Å². The second kappa shape index (κ2) is 6.00. The number of hydrogen-bond donors (Lipinski definition) is 2. The summed E-state index contributed by atoms with van der Waals surface area (Å²) in [6.45, 7) is 2.34. The highest BCUT2D eigenvalue weighted by atomic mass is 16.5. The van der Waals surface area contributed by atoms with E-state index in [1.807, 2.05) is 13.0 Å². The van der Waals surface area contributed by atoms with E-state index < -0.39 is 0 Å². The number of amides is 1. The zero-order chi connectivity index (χ0) is 14.7. The van der Waals surface area contributed by atoms with Crippen LogP contribution in [0.25, 0.3) is 0 Å². The number of methoxy groups -OCH3 is 2. The van der Waals surface area contributed by atoms with Crippen LogP contribution in [0.3, 0.4) is 0 Å². The van der Waals surface area contributed by atoms with Gasteiger partial charge >= 0.3 is 0 Å². The molecule has 0 saturated carbocycles. The molecular weight excluding hydrogens is 260 g/mol. The number of ether oxygens (including phenoxy) is 2. The van der Waals surface area contributed by atoms with Gasteiger partial charge < -0.3 is 24.8 Å². The second-order valence-electron chi connectivity index (χ2n) is 4.66. The Morgan fingerprint density at radius 1 is 1.30 bits per heavy atom. The molecule has 1 heterocycles. The Hall–Kier alpha value is -1.95. The van der Waals surface area contributed by atoms with Gasteiger partial charge in [-0.1, -0.05) is 0 Å². The number of aliphatic hydroxyl groups excluding tert-OH is 1. The Balaban J connectivity index is 2.45. The molecule has 1 aliphatic rings. The number of anilines is 2. The van der Waals surface area contributed by atoms with Gasteiger partial charge in [0.1, 0.15) is 6.04 Å². The molecule has 110 valence electrons. The van der Waals surface area contributed by atoms with E-state index in [0.29, 0.717) is 24.5 Å². The third kappa shape index (κ3) is 2.51. The molecule has 1 atom stereocenters. The summed E-state index contributed by atoms with van der Waals surface area (Å²) < 4.78 is 10.5. The normalized spacial score (nSPS) is 17.5. The Labute approximate surface area is 118 Å². The molecule has 0 radical (unpaired) electrons. The van der Waals surface area contributed by atoms with Crippen LogP contribution in [0, 0.1) is 0 Å². The Morgan fingerprint density at radius 3 is 2.55 bits per heavy atom. The van der Waals surface area contributed by atoms with Crippen LogP contribution in [0.4, 0.5) is 11.4 Å². The van der Waals surface area contributed by atoms with E-state index in [1.165, 1.54) is 0 Å².